The molecule has 3 nitrogen and oxygen atoms in total. The van der Waals surface area contributed by atoms with E-state index in [1.165, 1.54) is 16.9 Å². The predicted octanol–water partition coefficient (Wildman–Crippen LogP) is 3.24. The maximum Gasteiger partial charge on any atom is 0.196 e. The minimum atomic E-state index is -0.124. The second-order valence-electron chi connectivity index (χ2n) is 4.23. The Morgan fingerprint density at radius 1 is 1.37 bits per heavy atom. The first-order valence-electron chi connectivity index (χ1n) is 6.00. The summed E-state index contributed by atoms with van der Waals surface area (Å²) in [6.07, 6.45) is 0.954. The van der Waals surface area contributed by atoms with Crippen LogP contribution in [0.4, 0.5) is 5.13 Å². The lowest BCUT2D eigenvalue weighted by Gasteiger charge is -2.15. The van der Waals surface area contributed by atoms with E-state index < -0.39 is 0 Å². The van der Waals surface area contributed by atoms with E-state index in [2.05, 4.69) is 22.0 Å². The average molecular weight is 295 g/mol. The van der Waals surface area contributed by atoms with Gasteiger partial charge in [0.1, 0.15) is 5.69 Å². The molecule has 0 aliphatic carbocycles. The van der Waals surface area contributed by atoms with Gasteiger partial charge in [-0.05, 0) is 12.0 Å². The number of likely N-dealkylation sites (N-methyl/N-ethyl adjacent to an activating group) is 1. The third kappa shape index (κ3) is 3.78. The van der Waals surface area contributed by atoms with Crippen molar-refractivity contribution in [1.82, 2.24) is 4.98 Å². The molecule has 0 aliphatic rings. The van der Waals surface area contributed by atoms with Crippen LogP contribution in [0, 0.1) is 0 Å². The summed E-state index contributed by atoms with van der Waals surface area (Å²) in [5, 5.41) is 2.61. The van der Waals surface area contributed by atoms with Crippen molar-refractivity contribution in [2.75, 3.05) is 24.4 Å². The lowest BCUT2D eigenvalue weighted by Crippen LogP contribution is -2.20. The number of anilines is 1. The van der Waals surface area contributed by atoms with Gasteiger partial charge in [-0.15, -0.1) is 22.9 Å². The van der Waals surface area contributed by atoms with Gasteiger partial charge in [0.2, 0.25) is 0 Å². The van der Waals surface area contributed by atoms with Crippen LogP contribution in [0.5, 0.6) is 0 Å². The molecule has 5 heteroatoms. The van der Waals surface area contributed by atoms with Gasteiger partial charge < -0.3 is 4.90 Å². The summed E-state index contributed by atoms with van der Waals surface area (Å²) >= 11 is 6.99. The van der Waals surface area contributed by atoms with Crippen LogP contribution >= 0.6 is 22.9 Å². The molecule has 0 saturated heterocycles. The topological polar surface area (TPSA) is 33.2 Å². The van der Waals surface area contributed by atoms with E-state index in [1.54, 1.807) is 5.38 Å². The van der Waals surface area contributed by atoms with Crippen molar-refractivity contribution in [3.8, 4) is 0 Å². The zero-order valence-corrected chi connectivity index (χ0v) is 12.2. The van der Waals surface area contributed by atoms with Crippen LogP contribution in [0.3, 0.4) is 0 Å². The Hall–Kier alpha value is -1.39. The minimum absolute atomic E-state index is 0.0170. The SMILES string of the molecule is CN(CCc1ccccc1)c1nc(C(=O)CCl)cs1. The lowest BCUT2D eigenvalue weighted by atomic mass is 10.1. The molecular formula is C14H15ClN2OS. The van der Waals surface area contributed by atoms with E-state index in [0.717, 1.165) is 18.1 Å². The summed E-state index contributed by atoms with van der Waals surface area (Å²) in [6.45, 7) is 0.867. The van der Waals surface area contributed by atoms with Gasteiger partial charge in [0.05, 0.1) is 5.88 Å². The van der Waals surface area contributed by atoms with Gasteiger partial charge in [-0.1, -0.05) is 30.3 Å². The Morgan fingerprint density at radius 3 is 2.79 bits per heavy atom. The number of carbonyl (C=O) groups excluding carboxylic acids is 1. The fourth-order valence-corrected chi connectivity index (χ4v) is 2.63. The Morgan fingerprint density at radius 2 is 2.11 bits per heavy atom. The summed E-state index contributed by atoms with van der Waals surface area (Å²) in [6, 6.07) is 10.3. The number of aromatic nitrogens is 1. The molecule has 2 aromatic rings. The number of halogens is 1. The largest absolute Gasteiger partial charge is 0.351 e. The van der Waals surface area contributed by atoms with E-state index in [4.69, 9.17) is 11.6 Å². The third-order valence-electron chi connectivity index (χ3n) is 2.80. The second kappa shape index (κ2) is 6.68. The molecule has 0 radical (unpaired) electrons. The van der Waals surface area contributed by atoms with Crippen LogP contribution < -0.4 is 4.90 Å². The van der Waals surface area contributed by atoms with Crippen molar-refractivity contribution in [2.24, 2.45) is 0 Å². The van der Waals surface area contributed by atoms with E-state index in [-0.39, 0.29) is 11.7 Å². The quantitative estimate of drug-likeness (QED) is 0.606. The number of benzene rings is 1. The van der Waals surface area contributed by atoms with Crippen molar-refractivity contribution in [3.05, 3.63) is 47.0 Å². The molecule has 0 bridgehead atoms. The molecule has 0 N–H and O–H groups in total. The van der Waals surface area contributed by atoms with Crippen molar-refractivity contribution in [2.45, 2.75) is 6.42 Å². The van der Waals surface area contributed by atoms with Crippen LogP contribution in [-0.2, 0) is 6.42 Å². The smallest absolute Gasteiger partial charge is 0.196 e. The van der Waals surface area contributed by atoms with Crippen LogP contribution in [0.1, 0.15) is 16.1 Å². The number of rotatable bonds is 6. The number of hydrogen-bond acceptors (Lipinski definition) is 4. The molecule has 0 saturated carbocycles. The Bertz CT molecular complexity index is 541. The average Bonchev–Trinajstić information content (AvgIpc) is 2.95. The summed E-state index contributed by atoms with van der Waals surface area (Å²) in [5.41, 5.74) is 1.75. The number of nitrogens with zero attached hydrogens (tertiary/aromatic N) is 2. The highest BCUT2D eigenvalue weighted by Gasteiger charge is 2.11. The molecule has 0 aliphatic heterocycles. The van der Waals surface area contributed by atoms with Crippen LogP contribution in [0.25, 0.3) is 0 Å². The van der Waals surface area contributed by atoms with Gasteiger partial charge in [-0.3, -0.25) is 4.79 Å². The molecule has 0 amide bonds. The molecule has 0 unspecified atom stereocenters. The highest BCUT2D eigenvalue weighted by molar-refractivity contribution is 7.13. The van der Waals surface area contributed by atoms with Crippen LogP contribution in [0.15, 0.2) is 35.7 Å². The van der Waals surface area contributed by atoms with E-state index in [9.17, 15) is 4.79 Å². The van der Waals surface area contributed by atoms with Gasteiger partial charge >= 0.3 is 0 Å². The molecule has 2 rings (SSSR count). The van der Waals surface area contributed by atoms with Crippen molar-refractivity contribution >= 4 is 33.9 Å². The minimum Gasteiger partial charge on any atom is -0.351 e. The predicted molar refractivity (Wildman–Crippen MR) is 80.6 cm³/mol. The van der Waals surface area contributed by atoms with Crippen LogP contribution in [-0.4, -0.2) is 30.2 Å². The first-order chi connectivity index (χ1) is 9.20. The van der Waals surface area contributed by atoms with Gasteiger partial charge in [-0.2, -0.15) is 0 Å². The number of alkyl halides is 1. The first-order valence-corrected chi connectivity index (χ1v) is 7.42. The molecule has 100 valence electrons. The third-order valence-corrected chi connectivity index (χ3v) is 4.00. The zero-order valence-electron chi connectivity index (χ0n) is 10.7. The molecule has 1 aromatic carbocycles. The fraction of sp³-hybridized carbons (Fsp3) is 0.286. The van der Waals surface area contributed by atoms with E-state index >= 15 is 0 Å². The van der Waals surface area contributed by atoms with Gasteiger partial charge in [0.25, 0.3) is 0 Å². The monoisotopic (exact) mass is 294 g/mol. The second-order valence-corrected chi connectivity index (χ2v) is 5.33. The van der Waals surface area contributed by atoms with Crippen molar-refractivity contribution in [1.29, 1.82) is 0 Å². The van der Waals surface area contributed by atoms with Crippen molar-refractivity contribution in [3.63, 3.8) is 0 Å². The summed E-state index contributed by atoms with van der Waals surface area (Å²) < 4.78 is 0. The number of Topliss-reactive ketones (excluding diaryl/α,β-unsaturated/α-hetero) is 1. The highest BCUT2D eigenvalue weighted by Crippen LogP contribution is 2.20. The zero-order chi connectivity index (χ0) is 13.7. The molecule has 0 atom stereocenters. The van der Waals surface area contributed by atoms with E-state index in [1.807, 2.05) is 25.2 Å². The Kier molecular flexibility index (Phi) is 4.93. The summed E-state index contributed by atoms with van der Waals surface area (Å²) in [5.74, 6) is -0.141. The molecule has 19 heavy (non-hydrogen) atoms. The van der Waals surface area contributed by atoms with Crippen molar-refractivity contribution < 1.29 is 4.79 Å². The molecule has 0 fully saturated rings. The number of carbonyl (C=O) groups is 1. The Balaban J connectivity index is 1.94. The van der Waals surface area contributed by atoms with Gasteiger partial charge in [0.15, 0.2) is 10.9 Å². The first kappa shape index (κ1) is 14.0. The van der Waals surface area contributed by atoms with Crippen LogP contribution in [0.2, 0.25) is 0 Å². The number of hydrogen-bond donors (Lipinski definition) is 0. The maximum absolute atomic E-state index is 11.4. The standard InChI is InChI=1S/C14H15ClN2OS/c1-17(8-7-11-5-3-2-4-6-11)14-16-12(10-19-14)13(18)9-15/h2-6,10H,7-9H2,1H3. The van der Waals surface area contributed by atoms with Gasteiger partial charge in [-0.25, -0.2) is 4.98 Å². The van der Waals surface area contributed by atoms with Gasteiger partial charge in [0, 0.05) is 19.0 Å². The number of ketones is 1. The lowest BCUT2D eigenvalue weighted by molar-refractivity contribution is 0.101. The maximum atomic E-state index is 11.4. The Labute approximate surface area is 121 Å². The molecular weight excluding hydrogens is 280 g/mol. The molecule has 0 spiro atoms. The highest BCUT2D eigenvalue weighted by atomic mass is 35.5. The normalized spacial score (nSPS) is 10.4. The molecule has 1 heterocycles. The van der Waals surface area contributed by atoms with E-state index in [0.29, 0.717) is 5.69 Å². The molecule has 1 aromatic heterocycles. The number of thiazole rings is 1. The fourth-order valence-electron chi connectivity index (χ4n) is 1.67. The summed E-state index contributed by atoms with van der Waals surface area (Å²) in [7, 11) is 1.98. The summed E-state index contributed by atoms with van der Waals surface area (Å²) in [4.78, 5) is 17.8.